The van der Waals surface area contributed by atoms with Gasteiger partial charge in [0.15, 0.2) is 0 Å². The van der Waals surface area contributed by atoms with Gasteiger partial charge in [0, 0.05) is 24.0 Å². The second-order valence-electron chi connectivity index (χ2n) is 5.11. The van der Waals surface area contributed by atoms with E-state index in [0.717, 1.165) is 24.1 Å². The molecular formula is C14H25BrN2O2S2. The quantitative estimate of drug-likeness (QED) is 0.689. The van der Waals surface area contributed by atoms with Crippen molar-refractivity contribution >= 4 is 37.3 Å². The molecule has 7 heteroatoms. The number of unbranched alkanes of at least 4 members (excludes halogenated alkanes) is 1. The normalized spacial score (nSPS) is 13.8. The number of hydrogen-bond donors (Lipinski definition) is 1. The Morgan fingerprint density at radius 2 is 2.10 bits per heavy atom. The molecule has 0 amide bonds. The molecule has 0 bridgehead atoms. The summed E-state index contributed by atoms with van der Waals surface area (Å²) in [6.07, 6.45) is 2.68. The zero-order valence-corrected chi connectivity index (χ0v) is 16.4. The Morgan fingerprint density at radius 1 is 1.43 bits per heavy atom. The molecule has 0 aliphatic heterocycles. The average Bonchev–Trinajstić information content (AvgIpc) is 2.80. The minimum Gasteiger partial charge on any atom is -0.315 e. The molecule has 4 nitrogen and oxygen atoms in total. The summed E-state index contributed by atoms with van der Waals surface area (Å²) in [5.74, 6) is 0. The number of rotatable bonds is 9. The van der Waals surface area contributed by atoms with Crippen LogP contribution in [0.3, 0.4) is 0 Å². The minimum atomic E-state index is -3.44. The van der Waals surface area contributed by atoms with Gasteiger partial charge in [0.25, 0.3) is 0 Å². The lowest BCUT2D eigenvalue weighted by molar-refractivity contribution is 0.324. The van der Waals surface area contributed by atoms with E-state index in [4.69, 9.17) is 0 Å². The summed E-state index contributed by atoms with van der Waals surface area (Å²) >= 11 is 4.89. The molecule has 1 heterocycles. The van der Waals surface area contributed by atoms with Crippen molar-refractivity contribution < 1.29 is 8.42 Å². The molecule has 0 aliphatic carbocycles. The molecule has 1 aromatic rings. The maximum atomic E-state index is 13.0. The van der Waals surface area contributed by atoms with Gasteiger partial charge in [-0.05, 0) is 48.8 Å². The van der Waals surface area contributed by atoms with E-state index < -0.39 is 10.0 Å². The number of thiophene rings is 1. The lowest BCUT2D eigenvalue weighted by atomic mass is 10.2. The van der Waals surface area contributed by atoms with Gasteiger partial charge in [-0.3, -0.25) is 0 Å². The highest BCUT2D eigenvalue weighted by Crippen LogP contribution is 2.34. The van der Waals surface area contributed by atoms with Crippen LogP contribution >= 0.6 is 27.3 Å². The maximum absolute atomic E-state index is 13.0. The molecule has 1 atom stereocenters. The SMILES string of the molecule is CCCCN(C(C)CC)S(=O)(=O)c1cc(CNC)sc1Br. The Bertz CT molecular complexity index is 543. The van der Waals surface area contributed by atoms with Crippen molar-refractivity contribution in [2.24, 2.45) is 0 Å². The fraction of sp³-hybridized carbons (Fsp3) is 0.714. The van der Waals surface area contributed by atoms with Crippen molar-refractivity contribution in [3.63, 3.8) is 0 Å². The molecule has 0 aromatic carbocycles. The highest BCUT2D eigenvalue weighted by atomic mass is 79.9. The summed E-state index contributed by atoms with van der Waals surface area (Å²) in [7, 11) is -1.59. The first-order valence-corrected chi connectivity index (χ1v) is 10.4. The van der Waals surface area contributed by atoms with E-state index in [1.165, 1.54) is 11.3 Å². The molecule has 1 rings (SSSR count). The zero-order chi connectivity index (χ0) is 16.0. The fourth-order valence-corrected chi connectivity index (χ4v) is 6.45. The third-order valence-corrected chi connectivity index (χ3v) is 7.72. The molecule has 0 saturated heterocycles. The Balaban J connectivity index is 3.15. The first kappa shape index (κ1) is 19.1. The highest BCUT2D eigenvalue weighted by molar-refractivity contribution is 9.11. The molecule has 0 radical (unpaired) electrons. The van der Waals surface area contributed by atoms with Crippen LogP contribution in [0, 0.1) is 0 Å². The van der Waals surface area contributed by atoms with Gasteiger partial charge < -0.3 is 5.32 Å². The molecular weight excluding hydrogens is 372 g/mol. The van der Waals surface area contributed by atoms with Gasteiger partial charge in [-0.1, -0.05) is 20.3 Å². The Labute approximate surface area is 141 Å². The van der Waals surface area contributed by atoms with Crippen molar-refractivity contribution in [1.82, 2.24) is 9.62 Å². The summed E-state index contributed by atoms with van der Waals surface area (Å²) in [6.45, 7) is 7.33. The second kappa shape index (κ2) is 8.62. The molecule has 1 aromatic heterocycles. The molecule has 0 aliphatic rings. The van der Waals surface area contributed by atoms with Crippen LogP contribution in [0.15, 0.2) is 14.7 Å². The van der Waals surface area contributed by atoms with Crippen molar-refractivity contribution in [2.75, 3.05) is 13.6 Å². The highest BCUT2D eigenvalue weighted by Gasteiger charge is 2.30. The van der Waals surface area contributed by atoms with E-state index in [-0.39, 0.29) is 6.04 Å². The molecule has 122 valence electrons. The van der Waals surface area contributed by atoms with Crippen molar-refractivity contribution in [3.8, 4) is 0 Å². The van der Waals surface area contributed by atoms with Crippen molar-refractivity contribution in [3.05, 3.63) is 14.7 Å². The van der Waals surface area contributed by atoms with Gasteiger partial charge in [-0.15, -0.1) is 11.3 Å². The third kappa shape index (κ3) is 4.76. The summed E-state index contributed by atoms with van der Waals surface area (Å²) < 4.78 is 28.3. The molecule has 21 heavy (non-hydrogen) atoms. The largest absolute Gasteiger partial charge is 0.315 e. The third-order valence-electron chi connectivity index (χ3n) is 3.46. The number of nitrogens with one attached hydrogen (secondary N) is 1. The first-order chi connectivity index (χ1) is 9.88. The van der Waals surface area contributed by atoms with E-state index in [1.54, 1.807) is 10.4 Å². The van der Waals surface area contributed by atoms with Crippen LogP contribution < -0.4 is 5.32 Å². The Hall–Kier alpha value is 0.0500. The summed E-state index contributed by atoms with van der Waals surface area (Å²) in [4.78, 5) is 1.41. The molecule has 0 saturated carbocycles. The predicted molar refractivity (Wildman–Crippen MR) is 93.3 cm³/mol. The van der Waals surface area contributed by atoms with Crippen LogP contribution in [0.2, 0.25) is 0 Å². The van der Waals surface area contributed by atoms with Gasteiger partial charge in [0.2, 0.25) is 10.0 Å². The van der Waals surface area contributed by atoms with Crippen LogP contribution in [0.25, 0.3) is 0 Å². The number of sulfonamides is 1. The summed E-state index contributed by atoms with van der Waals surface area (Å²) in [5, 5.41) is 3.05. The molecule has 1 N–H and O–H groups in total. The van der Waals surface area contributed by atoms with E-state index in [2.05, 4.69) is 28.2 Å². The van der Waals surface area contributed by atoms with Crippen LogP contribution in [0.5, 0.6) is 0 Å². The van der Waals surface area contributed by atoms with Gasteiger partial charge in [0.05, 0.1) is 3.79 Å². The molecule has 0 fully saturated rings. The molecule has 0 spiro atoms. The number of nitrogens with zero attached hydrogens (tertiary/aromatic N) is 1. The van der Waals surface area contributed by atoms with Gasteiger partial charge in [0.1, 0.15) is 4.90 Å². The van der Waals surface area contributed by atoms with Gasteiger partial charge >= 0.3 is 0 Å². The fourth-order valence-electron chi connectivity index (χ4n) is 2.06. The van der Waals surface area contributed by atoms with Crippen molar-refractivity contribution in [1.29, 1.82) is 0 Å². The molecule has 1 unspecified atom stereocenters. The smallest absolute Gasteiger partial charge is 0.245 e. The van der Waals surface area contributed by atoms with Gasteiger partial charge in [-0.25, -0.2) is 8.42 Å². The average molecular weight is 397 g/mol. The van der Waals surface area contributed by atoms with E-state index >= 15 is 0 Å². The summed E-state index contributed by atoms with van der Waals surface area (Å²) in [6, 6.07) is 1.79. The van der Waals surface area contributed by atoms with Crippen LogP contribution in [-0.4, -0.2) is 32.4 Å². The lowest BCUT2D eigenvalue weighted by Crippen LogP contribution is -2.39. The standard InChI is InChI=1S/C14H25BrN2O2S2/c1-5-7-8-17(11(3)6-2)21(18,19)13-9-12(10-16-4)20-14(13)15/h9,11,16H,5-8,10H2,1-4H3. The minimum absolute atomic E-state index is 0.0149. The van der Waals surface area contributed by atoms with E-state index in [1.807, 2.05) is 20.9 Å². The van der Waals surface area contributed by atoms with Gasteiger partial charge in [-0.2, -0.15) is 4.31 Å². The van der Waals surface area contributed by atoms with Crippen LogP contribution in [0.4, 0.5) is 0 Å². The lowest BCUT2D eigenvalue weighted by Gasteiger charge is -2.27. The van der Waals surface area contributed by atoms with Crippen LogP contribution in [-0.2, 0) is 16.6 Å². The van der Waals surface area contributed by atoms with Crippen molar-refractivity contribution in [2.45, 2.75) is 57.5 Å². The second-order valence-corrected chi connectivity index (χ2v) is 9.42. The topological polar surface area (TPSA) is 49.4 Å². The first-order valence-electron chi connectivity index (χ1n) is 7.33. The zero-order valence-electron chi connectivity index (χ0n) is 13.1. The number of hydrogen-bond acceptors (Lipinski definition) is 4. The Kier molecular flexibility index (Phi) is 7.84. The maximum Gasteiger partial charge on any atom is 0.245 e. The predicted octanol–water partition coefficient (Wildman–Crippen LogP) is 3.82. The van der Waals surface area contributed by atoms with Crippen LogP contribution in [0.1, 0.15) is 44.9 Å². The van der Waals surface area contributed by atoms with E-state index in [0.29, 0.717) is 21.8 Å². The monoisotopic (exact) mass is 396 g/mol. The summed E-state index contributed by atoms with van der Waals surface area (Å²) in [5.41, 5.74) is 0. The Morgan fingerprint density at radius 3 is 2.62 bits per heavy atom. The van der Waals surface area contributed by atoms with E-state index in [9.17, 15) is 8.42 Å². The number of halogens is 1.